The Bertz CT molecular complexity index is 384. The summed E-state index contributed by atoms with van der Waals surface area (Å²) in [5.41, 5.74) is 0. The summed E-state index contributed by atoms with van der Waals surface area (Å²) in [6, 6.07) is 0. The average Bonchev–Trinajstić information content (AvgIpc) is 2.83. The standard InChI is InChI=1S/C12H20N4O/c17-8-10-2-1-7-16-11(14-15-12(10)16)9-3-5-13-6-4-9/h9-10,13,17H,1-8H2. The lowest BCUT2D eigenvalue weighted by Gasteiger charge is -2.26. The molecule has 17 heavy (non-hydrogen) atoms. The number of nitrogens with one attached hydrogen (secondary N) is 1. The van der Waals surface area contributed by atoms with E-state index in [9.17, 15) is 5.11 Å². The van der Waals surface area contributed by atoms with Gasteiger partial charge in [0.2, 0.25) is 0 Å². The average molecular weight is 236 g/mol. The fourth-order valence-corrected chi connectivity index (χ4v) is 3.04. The van der Waals surface area contributed by atoms with Gasteiger partial charge in [0.1, 0.15) is 11.6 Å². The molecule has 2 aliphatic rings. The van der Waals surface area contributed by atoms with Gasteiger partial charge in [-0.3, -0.25) is 0 Å². The Morgan fingerprint density at radius 2 is 1.94 bits per heavy atom. The first-order chi connectivity index (χ1) is 8.40. The Hall–Kier alpha value is -0.940. The fourth-order valence-electron chi connectivity index (χ4n) is 3.04. The zero-order valence-electron chi connectivity index (χ0n) is 10.1. The number of hydrogen-bond acceptors (Lipinski definition) is 4. The Labute approximate surface area is 101 Å². The molecule has 1 atom stereocenters. The minimum atomic E-state index is 0.199. The summed E-state index contributed by atoms with van der Waals surface area (Å²) < 4.78 is 2.26. The minimum absolute atomic E-state index is 0.199. The molecule has 2 aliphatic heterocycles. The zero-order valence-corrected chi connectivity index (χ0v) is 10.1. The predicted octanol–water partition coefficient (Wildman–Crippen LogP) is 0.615. The van der Waals surface area contributed by atoms with E-state index >= 15 is 0 Å². The summed E-state index contributed by atoms with van der Waals surface area (Å²) in [4.78, 5) is 0. The van der Waals surface area contributed by atoms with Gasteiger partial charge >= 0.3 is 0 Å². The molecule has 1 fully saturated rings. The van der Waals surface area contributed by atoms with Crippen molar-refractivity contribution in [3.05, 3.63) is 11.6 Å². The molecule has 1 aromatic rings. The number of aliphatic hydroxyl groups excluding tert-OH is 1. The highest BCUT2D eigenvalue weighted by Gasteiger charge is 2.28. The summed E-state index contributed by atoms with van der Waals surface area (Å²) in [6.07, 6.45) is 4.49. The molecule has 0 radical (unpaired) electrons. The van der Waals surface area contributed by atoms with Crippen LogP contribution in [0.3, 0.4) is 0 Å². The summed E-state index contributed by atoms with van der Waals surface area (Å²) in [6.45, 7) is 3.38. The van der Waals surface area contributed by atoms with Crippen LogP contribution in [0.15, 0.2) is 0 Å². The molecule has 0 aromatic carbocycles. The number of aromatic nitrogens is 3. The second-order valence-corrected chi connectivity index (χ2v) is 5.11. The molecular weight excluding hydrogens is 216 g/mol. The molecular formula is C12H20N4O. The molecule has 3 heterocycles. The van der Waals surface area contributed by atoms with Crippen LogP contribution in [0.25, 0.3) is 0 Å². The van der Waals surface area contributed by atoms with E-state index in [1.54, 1.807) is 0 Å². The Balaban J connectivity index is 1.88. The maximum absolute atomic E-state index is 9.37. The van der Waals surface area contributed by atoms with Crippen LogP contribution >= 0.6 is 0 Å². The van der Waals surface area contributed by atoms with Crippen LogP contribution in [0.5, 0.6) is 0 Å². The van der Waals surface area contributed by atoms with Gasteiger partial charge in [0.15, 0.2) is 0 Å². The molecule has 1 saturated heterocycles. The molecule has 2 N–H and O–H groups in total. The highest BCUT2D eigenvalue weighted by molar-refractivity contribution is 5.09. The van der Waals surface area contributed by atoms with E-state index in [0.717, 1.165) is 57.0 Å². The van der Waals surface area contributed by atoms with Gasteiger partial charge in [-0.15, -0.1) is 10.2 Å². The van der Waals surface area contributed by atoms with Crippen molar-refractivity contribution in [2.45, 2.75) is 44.1 Å². The van der Waals surface area contributed by atoms with Crippen molar-refractivity contribution >= 4 is 0 Å². The van der Waals surface area contributed by atoms with Crippen LogP contribution in [0, 0.1) is 0 Å². The molecule has 0 spiro atoms. The molecule has 5 nitrogen and oxygen atoms in total. The highest BCUT2D eigenvalue weighted by atomic mass is 16.3. The number of piperidine rings is 1. The van der Waals surface area contributed by atoms with Crippen LogP contribution in [0.1, 0.15) is 49.2 Å². The van der Waals surface area contributed by atoms with Crippen molar-refractivity contribution in [2.75, 3.05) is 19.7 Å². The molecule has 5 heteroatoms. The first-order valence-corrected chi connectivity index (χ1v) is 6.64. The van der Waals surface area contributed by atoms with Crippen molar-refractivity contribution in [2.24, 2.45) is 0 Å². The predicted molar refractivity (Wildman–Crippen MR) is 63.9 cm³/mol. The molecule has 94 valence electrons. The van der Waals surface area contributed by atoms with Gasteiger partial charge in [0, 0.05) is 18.4 Å². The first kappa shape index (κ1) is 11.2. The first-order valence-electron chi connectivity index (χ1n) is 6.64. The molecule has 0 bridgehead atoms. The van der Waals surface area contributed by atoms with Crippen molar-refractivity contribution in [3.63, 3.8) is 0 Å². The third kappa shape index (κ3) is 1.98. The molecule has 1 aromatic heterocycles. The minimum Gasteiger partial charge on any atom is -0.396 e. The number of aliphatic hydroxyl groups is 1. The second kappa shape index (κ2) is 4.74. The third-order valence-corrected chi connectivity index (χ3v) is 4.03. The van der Waals surface area contributed by atoms with Crippen molar-refractivity contribution < 1.29 is 5.11 Å². The van der Waals surface area contributed by atoms with Crippen LogP contribution in [-0.4, -0.2) is 39.6 Å². The van der Waals surface area contributed by atoms with E-state index in [-0.39, 0.29) is 12.5 Å². The number of hydrogen-bond donors (Lipinski definition) is 2. The van der Waals surface area contributed by atoms with E-state index in [0.29, 0.717) is 5.92 Å². The fraction of sp³-hybridized carbons (Fsp3) is 0.833. The SMILES string of the molecule is OCC1CCCn2c1nnc2C1CCNCC1. The van der Waals surface area contributed by atoms with Crippen LogP contribution in [-0.2, 0) is 6.54 Å². The maximum Gasteiger partial charge on any atom is 0.138 e. The number of nitrogens with zero attached hydrogens (tertiary/aromatic N) is 3. The molecule has 0 saturated carbocycles. The number of fused-ring (bicyclic) bond motifs is 1. The lowest BCUT2D eigenvalue weighted by Crippen LogP contribution is -2.29. The van der Waals surface area contributed by atoms with Crippen molar-refractivity contribution in [1.29, 1.82) is 0 Å². The quantitative estimate of drug-likeness (QED) is 0.790. The van der Waals surface area contributed by atoms with E-state index in [1.807, 2.05) is 0 Å². The smallest absolute Gasteiger partial charge is 0.138 e. The Morgan fingerprint density at radius 1 is 1.18 bits per heavy atom. The molecule has 3 rings (SSSR count). The largest absolute Gasteiger partial charge is 0.396 e. The van der Waals surface area contributed by atoms with Gasteiger partial charge in [0.05, 0.1) is 6.61 Å². The maximum atomic E-state index is 9.37. The topological polar surface area (TPSA) is 63.0 Å². The summed E-state index contributed by atoms with van der Waals surface area (Å²) in [5, 5.41) is 21.5. The lowest BCUT2D eigenvalue weighted by atomic mass is 9.95. The van der Waals surface area contributed by atoms with Crippen molar-refractivity contribution in [3.8, 4) is 0 Å². The van der Waals surface area contributed by atoms with E-state index in [2.05, 4.69) is 20.1 Å². The summed E-state index contributed by atoms with van der Waals surface area (Å²) in [5.74, 6) is 2.91. The van der Waals surface area contributed by atoms with Crippen LogP contribution < -0.4 is 5.32 Å². The van der Waals surface area contributed by atoms with E-state index in [4.69, 9.17) is 0 Å². The van der Waals surface area contributed by atoms with Gasteiger partial charge in [-0.05, 0) is 38.8 Å². The summed E-state index contributed by atoms with van der Waals surface area (Å²) in [7, 11) is 0. The monoisotopic (exact) mass is 236 g/mol. The highest BCUT2D eigenvalue weighted by Crippen LogP contribution is 2.31. The second-order valence-electron chi connectivity index (χ2n) is 5.11. The van der Waals surface area contributed by atoms with Crippen LogP contribution in [0.4, 0.5) is 0 Å². The van der Waals surface area contributed by atoms with E-state index in [1.165, 1.54) is 0 Å². The van der Waals surface area contributed by atoms with Gasteiger partial charge in [0.25, 0.3) is 0 Å². The Kier molecular flexibility index (Phi) is 3.11. The van der Waals surface area contributed by atoms with E-state index < -0.39 is 0 Å². The molecule has 0 aliphatic carbocycles. The van der Waals surface area contributed by atoms with Gasteiger partial charge in [-0.25, -0.2) is 0 Å². The summed E-state index contributed by atoms with van der Waals surface area (Å²) >= 11 is 0. The third-order valence-electron chi connectivity index (χ3n) is 4.03. The van der Waals surface area contributed by atoms with Gasteiger partial charge in [-0.2, -0.15) is 0 Å². The normalized spacial score (nSPS) is 25.8. The van der Waals surface area contributed by atoms with Crippen LogP contribution in [0.2, 0.25) is 0 Å². The van der Waals surface area contributed by atoms with Gasteiger partial charge in [-0.1, -0.05) is 0 Å². The van der Waals surface area contributed by atoms with Gasteiger partial charge < -0.3 is 15.0 Å². The lowest BCUT2D eigenvalue weighted by molar-refractivity contribution is 0.236. The Morgan fingerprint density at radius 3 is 2.71 bits per heavy atom. The zero-order chi connectivity index (χ0) is 11.7. The van der Waals surface area contributed by atoms with Crippen molar-refractivity contribution in [1.82, 2.24) is 20.1 Å². The molecule has 0 amide bonds. The number of rotatable bonds is 2. The molecule has 1 unspecified atom stereocenters.